The molecule has 0 saturated carbocycles. The molecule has 39 heavy (non-hydrogen) atoms. The number of anilines is 1. The molecule has 0 fully saturated rings. The molecule has 4 aromatic rings. The highest BCUT2D eigenvalue weighted by Gasteiger charge is 2.32. The van der Waals surface area contributed by atoms with Crippen LogP contribution in [0, 0.1) is 25.2 Å². The highest BCUT2D eigenvalue weighted by atomic mass is 32.2. The molecule has 1 atom stereocenters. The van der Waals surface area contributed by atoms with E-state index in [4.69, 9.17) is 9.72 Å². The summed E-state index contributed by atoms with van der Waals surface area (Å²) in [5.74, 6) is 1.29. The highest BCUT2D eigenvalue weighted by Crippen LogP contribution is 2.42. The van der Waals surface area contributed by atoms with Gasteiger partial charge in [-0.3, -0.25) is 14.2 Å². The molecule has 2 heterocycles. The van der Waals surface area contributed by atoms with Crippen molar-refractivity contribution in [2.45, 2.75) is 59.0 Å². The van der Waals surface area contributed by atoms with E-state index in [-0.39, 0.29) is 22.6 Å². The first kappa shape index (κ1) is 27.5. The van der Waals surface area contributed by atoms with Crippen LogP contribution in [0.3, 0.4) is 0 Å². The summed E-state index contributed by atoms with van der Waals surface area (Å²) in [6.07, 6.45) is 2.93. The smallest absolute Gasteiger partial charge is 0.267 e. The molecule has 0 radical (unpaired) electrons. The van der Waals surface area contributed by atoms with Gasteiger partial charge in [-0.05, 0) is 91.5 Å². The third kappa shape index (κ3) is 5.63. The Balaban J connectivity index is 1.53. The Kier molecular flexibility index (Phi) is 7.62. The van der Waals surface area contributed by atoms with Crippen LogP contribution in [0.25, 0.3) is 15.9 Å². The van der Waals surface area contributed by atoms with Crippen LogP contribution in [0.15, 0.2) is 52.4 Å². The van der Waals surface area contributed by atoms with Gasteiger partial charge in [0.15, 0.2) is 5.16 Å². The van der Waals surface area contributed by atoms with Crippen LogP contribution >= 0.6 is 23.1 Å². The summed E-state index contributed by atoms with van der Waals surface area (Å²) in [5, 5.41) is 4.26. The number of benzene rings is 2. The number of thioether (sulfide) groups is 1. The Morgan fingerprint density at radius 1 is 1.18 bits per heavy atom. The van der Waals surface area contributed by atoms with E-state index in [1.807, 2.05) is 56.3 Å². The third-order valence-corrected chi connectivity index (χ3v) is 9.69. The maximum absolute atomic E-state index is 14.1. The van der Waals surface area contributed by atoms with Crippen molar-refractivity contribution in [2.75, 3.05) is 18.2 Å². The average Bonchev–Trinajstić information content (AvgIpc) is 3.27. The first-order valence-corrected chi connectivity index (χ1v) is 15.1. The van der Waals surface area contributed by atoms with Crippen molar-refractivity contribution in [3.63, 3.8) is 0 Å². The molecule has 0 saturated heterocycles. The summed E-state index contributed by atoms with van der Waals surface area (Å²) >= 11 is 2.92. The lowest BCUT2D eigenvalue weighted by molar-refractivity contribution is -0.113. The van der Waals surface area contributed by atoms with E-state index in [2.05, 4.69) is 26.1 Å². The van der Waals surface area contributed by atoms with Gasteiger partial charge in [0.05, 0.1) is 23.9 Å². The number of methoxy groups -OCH3 is 1. The lowest BCUT2D eigenvalue weighted by Crippen LogP contribution is -2.27. The number of fused-ring (bicyclic) bond motifs is 3. The van der Waals surface area contributed by atoms with E-state index >= 15 is 0 Å². The molecule has 8 heteroatoms. The van der Waals surface area contributed by atoms with Crippen LogP contribution < -0.4 is 15.6 Å². The second-order valence-corrected chi connectivity index (χ2v) is 13.4. The summed E-state index contributed by atoms with van der Waals surface area (Å²) < 4.78 is 6.98. The molecule has 1 aliphatic carbocycles. The van der Waals surface area contributed by atoms with Gasteiger partial charge >= 0.3 is 0 Å². The number of nitrogens with one attached hydrogen (secondary N) is 1. The zero-order valence-corrected chi connectivity index (χ0v) is 25.0. The van der Waals surface area contributed by atoms with Crippen molar-refractivity contribution >= 4 is 44.9 Å². The topological polar surface area (TPSA) is 73.2 Å². The van der Waals surface area contributed by atoms with E-state index in [1.54, 1.807) is 23.0 Å². The minimum atomic E-state index is -0.136. The number of ether oxygens (including phenoxy) is 1. The predicted octanol–water partition coefficient (Wildman–Crippen LogP) is 6.95. The fourth-order valence-electron chi connectivity index (χ4n) is 5.19. The molecule has 1 unspecified atom stereocenters. The van der Waals surface area contributed by atoms with Crippen LogP contribution in [0.4, 0.5) is 5.69 Å². The van der Waals surface area contributed by atoms with Crippen molar-refractivity contribution in [1.82, 2.24) is 9.55 Å². The number of thiophene rings is 1. The SMILES string of the molecule is COc1ccc(-n2c(SCC(=O)Nc3cc(C)ccc3C)nc3sc4c(c3c2=O)CCC(C(C)(C)C)C4)cc1. The second kappa shape index (κ2) is 10.8. The minimum absolute atomic E-state index is 0.0747. The van der Waals surface area contributed by atoms with E-state index in [0.29, 0.717) is 22.5 Å². The predicted molar refractivity (Wildman–Crippen MR) is 162 cm³/mol. The highest BCUT2D eigenvalue weighted by molar-refractivity contribution is 7.99. The fourth-order valence-corrected chi connectivity index (χ4v) is 7.34. The molecule has 1 aliphatic rings. The third-order valence-electron chi connectivity index (χ3n) is 7.61. The number of hydrogen-bond acceptors (Lipinski definition) is 6. The maximum Gasteiger partial charge on any atom is 0.267 e. The molecule has 204 valence electrons. The van der Waals surface area contributed by atoms with Crippen molar-refractivity contribution < 1.29 is 9.53 Å². The summed E-state index contributed by atoms with van der Waals surface area (Å²) in [6, 6.07) is 13.4. The van der Waals surface area contributed by atoms with Crippen LogP contribution in [0.2, 0.25) is 0 Å². The molecule has 6 nitrogen and oxygen atoms in total. The van der Waals surface area contributed by atoms with Crippen LogP contribution in [-0.2, 0) is 17.6 Å². The molecule has 0 spiro atoms. The minimum Gasteiger partial charge on any atom is -0.497 e. The number of rotatable bonds is 6. The monoisotopic (exact) mass is 561 g/mol. The van der Waals surface area contributed by atoms with Gasteiger partial charge in [-0.2, -0.15) is 0 Å². The molecular formula is C31H35N3O3S2. The quantitative estimate of drug-likeness (QED) is 0.204. The van der Waals surface area contributed by atoms with Gasteiger partial charge in [-0.15, -0.1) is 11.3 Å². The number of aromatic nitrogens is 2. The van der Waals surface area contributed by atoms with Crippen LogP contribution in [0.5, 0.6) is 5.75 Å². The number of aryl methyl sites for hydroxylation is 3. The summed E-state index contributed by atoms with van der Waals surface area (Å²) in [7, 11) is 1.62. The van der Waals surface area contributed by atoms with Crippen molar-refractivity contribution in [2.24, 2.45) is 11.3 Å². The molecular weight excluding hydrogens is 526 g/mol. The van der Waals surface area contributed by atoms with Gasteiger partial charge in [0.2, 0.25) is 5.91 Å². The Morgan fingerprint density at radius 3 is 2.62 bits per heavy atom. The molecule has 2 aromatic heterocycles. The molecule has 5 rings (SSSR count). The molecule has 1 amide bonds. The van der Waals surface area contributed by atoms with Crippen molar-refractivity contribution in [1.29, 1.82) is 0 Å². The first-order chi connectivity index (χ1) is 18.5. The van der Waals surface area contributed by atoms with Crippen LogP contribution in [0.1, 0.15) is 48.8 Å². The number of nitrogens with zero attached hydrogens (tertiary/aromatic N) is 2. The Morgan fingerprint density at radius 2 is 1.92 bits per heavy atom. The summed E-state index contributed by atoms with van der Waals surface area (Å²) in [5.41, 5.74) is 4.89. The molecule has 1 N–H and O–H groups in total. The number of amides is 1. The average molecular weight is 562 g/mol. The van der Waals surface area contributed by atoms with Gasteiger partial charge in [0.1, 0.15) is 10.6 Å². The first-order valence-electron chi connectivity index (χ1n) is 13.3. The largest absolute Gasteiger partial charge is 0.497 e. The zero-order chi connectivity index (χ0) is 27.9. The van der Waals surface area contributed by atoms with E-state index in [9.17, 15) is 9.59 Å². The van der Waals surface area contributed by atoms with Gasteiger partial charge < -0.3 is 10.1 Å². The van der Waals surface area contributed by atoms with Gasteiger partial charge in [0, 0.05) is 10.6 Å². The zero-order valence-electron chi connectivity index (χ0n) is 23.4. The van der Waals surface area contributed by atoms with Gasteiger partial charge in [-0.1, -0.05) is 44.7 Å². The summed E-state index contributed by atoms with van der Waals surface area (Å²) in [6.45, 7) is 10.9. The summed E-state index contributed by atoms with van der Waals surface area (Å²) in [4.78, 5) is 34.1. The fraction of sp³-hybridized carbons (Fsp3) is 0.387. The number of carbonyl (C=O) groups excluding carboxylic acids is 1. The van der Waals surface area contributed by atoms with Crippen molar-refractivity contribution in [3.05, 3.63) is 74.4 Å². The standard InChI is InChI=1S/C31H35N3O3S2/c1-18-7-8-19(2)24(15-18)32-26(35)17-38-30-33-28-27(23-14-9-20(31(3,4)5)16-25(23)39-28)29(36)34(30)21-10-12-22(37-6)13-11-21/h7-8,10-13,15,20H,9,14,16-17H2,1-6H3,(H,32,35). The Hall–Kier alpha value is -3.10. The normalized spacial score (nSPS) is 15.3. The molecule has 2 aromatic carbocycles. The lowest BCUT2D eigenvalue weighted by Gasteiger charge is -2.33. The lowest BCUT2D eigenvalue weighted by atomic mass is 9.72. The van der Waals surface area contributed by atoms with E-state index in [0.717, 1.165) is 51.9 Å². The van der Waals surface area contributed by atoms with Crippen molar-refractivity contribution in [3.8, 4) is 11.4 Å². The van der Waals surface area contributed by atoms with Gasteiger partial charge in [-0.25, -0.2) is 4.98 Å². The van der Waals surface area contributed by atoms with Gasteiger partial charge in [0.25, 0.3) is 5.56 Å². The van der Waals surface area contributed by atoms with Crippen LogP contribution in [-0.4, -0.2) is 28.3 Å². The maximum atomic E-state index is 14.1. The number of hydrogen-bond donors (Lipinski definition) is 1. The van der Waals surface area contributed by atoms with E-state index in [1.165, 1.54) is 16.6 Å². The Bertz CT molecular complexity index is 1600. The number of carbonyl (C=O) groups is 1. The van der Waals surface area contributed by atoms with E-state index < -0.39 is 0 Å². The second-order valence-electron chi connectivity index (χ2n) is 11.4. The molecule has 0 aliphatic heterocycles. The Labute approximate surface area is 237 Å². The molecule has 0 bridgehead atoms.